The molecule has 0 radical (unpaired) electrons. The van der Waals surface area contributed by atoms with E-state index in [1.165, 1.54) is 6.07 Å². The quantitative estimate of drug-likeness (QED) is 0.136. The molecular weight excluding hydrogens is 1030 g/mol. The summed E-state index contributed by atoms with van der Waals surface area (Å²) in [5.74, 6) is 0. The zero-order valence-electron chi connectivity index (χ0n) is 44.1. The second-order valence-corrected chi connectivity index (χ2v) is 20.2. The summed E-state index contributed by atoms with van der Waals surface area (Å²) >= 11 is 0. The predicted octanol–water partition coefficient (Wildman–Crippen LogP) is 22.0. The van der Waals surface area contributed by atoms with Crippen molar-refractivity contribution in [1.29, 1.82) is 0 Å². The van der Waals surface area contributed by atoms with Gasteiger partial charge in [0.05, 0.1) is 66.2 Å². The minimum atomic E-state index is -4.68. The number of aryl methyl sites for hydroxylation is 1. The Kier molecular flexibility index (Phi) is 12.3. The van der Waals surface area contributed by atoms with Crippen LogP contribution in [0.2, 0.25) is 0 Å². The van der Waals surface area contributed by atoms with Crippen molar-refractivity contribution in [3.05, 3.63) is 293 Å². The fourth-order valence-electron chi connectivity index (χ4n) is 11.9. The molecule has 11 aromatic carbocycles. The van der Waals surface area contributed by atoms with Gasteiger partial charge in [0.1, 0.15) is 0 Å². The number of halogens is 3. The van der Waals surface area contributed by atoms with Crippen LogP contribution in [0.25, 0.3) is 146 Å². The van der Waals surface area contributed by atoms with E-state index in [9.17, 15) is 0 Å². The Bertz CT molecular complexity index is 4890. The van der Waals surface area contributed by atoms with Gasteiger partial charge in [-0.1, -0.05) is 152 Å². The van der Waals surface area contributed by atoms with Crippen molar-refractivity contribution in [2.75, 3.05) is 0 Å². The van der Waals surface area contributed by atoms with Crippen molar-refractivity contribution in [2.24, 2.45) is 0 Å². The molecule has 2 aromatic heterocycles. The van der Waals surface area contributed by atoms with Crippen LogP contribution < -0.4 is 0 Å². The number of para-hydroxylation sites is 4. The zero-order valence-corrected chi connectivity index (χ0v) is 44.1. The summed E-state index contributed by atoms with van der Waals surface area (Å²) in [6.45, 7) is 42.9. The molecule has 388 valence electrons. The van der Waals surface area contributed by atoms with Crippen LogP contribution in [0.1, 0.15) is 11.1 Å². The number of aromatic nitrogens is 2. The molecule has 10 heteroatoms. The molecule has 0 aliphatic heterocycles. The molecule has 0 bridgehead atoms. The Morgan fingerprint density at radius 1 is 0.313 bits per heavy atom. The molecule has 0 fully saturated rings. The van der Waals surface area contributed by atoms with Crippen molar-refractivity contribution in [1.82, 2.24) is 9.13 Å². The van der Waals surface area contributed by atoms with Crippen LogP contribution >= 0.6 is 0 Å². The van der Waals surface area contributed by atoms with Gasteiger partial charge < -0.3 is 9.13 Å². The molecule has 0 saturated heterocycles. The average molecular weight is 1070 g/mol. The van der Waals surface area contributed by atoms with Gasteiger partial charge in [0.2, 0.25) is 0 Å². The smallest absolute Gasteiger partial charge is 0.310 e. The summed E-state index contributed by atoms with van der Waals surface area (Å²) < 4.78 is 49.4. The number of fused-ring (bicyclic) bond motifs is 6. The number of benzene rings is 11. The fourth-order valence-corrected chi connectivity index (χ4v) is 11.9. The van der Waals surface area contributed by atoms with E-state index in [0.29, 0.717) is 61.9 Å². The van der Waals surface area contributed by atoms with Crippen molar-refractivity contribution >= 4 is 72.0 Å². The molecule has 2 heterocycles. The zero-order chi connectivity index (χ0) is 57.1. The minimum absolute atomic E-state index is 0.247. The first-order valence-electron chi connectivity index (χ1n) is 26.4. The maximum atomic E-state index is 15.1. The first-order chi connectivity index (χ1) is 40.5. The monoisotopic (exact) mass is 1070 g/mol. The van der Waals surface area contributed by atoms with Crippen LogP contribution in [-0.4, -0.2) is 9.13 Å². The summed E-state index contributed by atoms with van der Waals surface area (Å²) in [5, 5.41) is 3.29. The van der Waals surface area contributed by atoms with E-state index in [-0.39, 0.29) is 5.69 Å². The first-order valence-corrected chi connectivity index (χ1v) is 26.4. The molecule has 13 rings (SSSR count). The molecular formula is C73H40F3N7. The highest BCUT2D eigenvalue weighted by Gasteiger charge is 2.32. The summed E-state index contributed by atoms with van der Waals surface area (Å²) in [5.41, 5.74) is 13.9. The third kappa shape index (κ3) is 8.50. The van der Waals surface area contributed by atoms with Crippen molar-refractivity contribution in [3.8, 4) is 78.1 Å². The third-order valence-electron chi connectivity index (χ3n) is 15.5. The van der Waals surface area contributed by atoms with Crippen LogP contribution in [0.3, 0.4) is 0 Å². The highest BCUT2D eigenvalue weighted by atomic mass is 19.4. The van der Waals surface area contributed by atoms with Gasteiger partial charge in [-0.05, 0) is 141 Å². The maximum Gasteiger partial charge on any atom is 0.416 e. The highest BCUT2D eigenvalue weighted by Crippen LogP contribution is 2.51. The van der Waals surface area contributed by atoms with Gasteiger partial charge in [0.15, 0.2) is 28.4 Å². The second-order valence-electron chi connectivity index (χ2n) is 20.2. The van der Waals surface area contributed by atoms with Crippen molar-refractivity contribution in [3.63, 3.8) is 0 Å². The van der Waals surface area contributed by atoms with E-state index in [4.69, 9.17) is 32.9 Å². The Hall–Kier alpha value is -11.7. The van der Waals surface area contributed by atoms with Gasteiger partial charge in [0.25, 0.3) is 0 Å². The largest absolute Gasteiger partial charge is 0.416 e. The lowest BCUT2D eigenvalue weighted by Crippen LogP contribution is -2.06. The maximum absolute atomic E-state index is 15.1. The Morgan fingerprint density at radius 3 is 1.00 bits per heavy atom. The summed E-state index contributed by atoms with van der Waals surface area (Å²) in [6.07, 6.45) is -4.68. The van der Waals surface area contributed by atoms with Crippen LogP contribution in [0.5, 0.6) is 0 Å². The van der Waals surface area contributed by atoms with E-state index in [1.807, 2.05) is 152 Å². The van der Waals surface area contributed by atoms with Gasteiger partial charge in [-0.15, -0.1) is 0 Å². The van der Waals surface area contributed by atoms with Gasteiger partial charge >= 0.3 is 6.18 Å². The van der Waals surface area contributed by atoms with E-state index >= 15 is 13.2 Å². The lowest BCUT2D eigenvalue weighted by Gasteiger charge is -2.23. The molecule has 13 aromatic rings. The topological polar surface area (TPSA) is 31.7 Å². The fraction of sp³-hybridized carbons (Fsp3) is 0.0274. The number of hydrogen-bond donors (Lipinski definition) is 0. The van der Waals surface area contributed by atoms with E-state index in [0.717, 1.165) is 94.2 Å². The number of nitrogens with zero attached hydrogens (tertiary/aromatic N) is 7. The molecule has 0 saturated carbocycles. The van der Waals surface area contributed by atoms with Crippen molar-refractivity contribution in [2.45, 2.75) is 13.1 Å². The number of alkyl halides is 3. The Morgan fingerprint density at radius 2 is 0.639 bits per heavy atom. The number of hydrogen-bond acceptors (Lipinski definition) is 0. The Balaban J connectivity index is 1.17. The van der Waals surface area contributed by atoms with E-state index in [1.54, 1.807) is 43.3 Å². The van der Waals surface area contributed by atoms with Crippen LogP contribution in [0.4, 0.5) is 41.6 Å². The molecule has 0 atom stereocenters. The van der Waals surface area contributed by atoms with Crippen LogP contribution in [-0.2, 0) is 6.18 Å². The third-order valence-corrected chi connectivity index (χ3v) is 15.5. The summed E-state index contributed by atoms with van der Waals surface area (Å²) in [6, 6.07) is 69.1. The molecule has 7 nitrogen and oxygen atoms in total. The molecule has 83 heavy (non-hydrogen) atoms. The molecule has 0 unspecified atom stereocenters. The summed E-state index contributed by atoms with van der Waals surface area (Å²) in [7, 11) is 0. The number of rotatable bonds is 8. The van der Waals surface area contributed by atoms with Gasteiger partial charge in [0, 0.05) is 38.4 Å². The molecule has 0 aliphatic rings. The molecule has 0 spiro atoms. The second kappa shape index (κ2) is 20.2. The van der Waals surface area contributed by atoms with E-state index in [2.05, 4.69) is 57.6 Å². The Labute approximate surface area is 476 Å². The lowest BCUT2D eigenvalue weighted by atomic mass is 9.89. The lowest BCUT2D eigenvalue weighted by molar-refractivity contribution is -0.137. The van der Waals surface area contributed by atoms with Crippen molar-refractivity contribution < 1.29 is 13.2 Å². The average Bonchev–Trinajstić information content (AvgIpc) is 2.04. The molecule has 0 amide bonds. The molecule has 0 N–H and O–H groups in total. The molecule has 0 aliphatic carbocycles. The van der Waals surface area contributed by atoms with Crippen LogP contribution in [0.15, 0.2) is 224 Å². The van der Waals surface area contributed by atoms with E-state index < -0.39 is 11.7 Å². The van der Waals surface area contributed by atoms with Gasteiger partial charge in [-0.3, -0.25) is 0 Å². The standard InChI is InChI=1S/C73H40F3N7/c1-44-37-49(39-50(38-44)73(74,75)76)55-21-15-27-69(82-65-33-29-45(51-17-7-11-22-60(51)77-2)40-56(65)57-41-46(30-34-66(57)82)52-18-8-12-23-61(52)78-3)71(55)72-64(81-6)26-16-28-70(72)83-67-35-31-47(53-19-9-13-24-62(53)79-4)42-58(67)59-43-48(32-36-68(59)83)54-20-10-14-25-63(54)80-5/h7-43H,1H3. The first kappa shape index (κ1) is 50.7. The highest BCUT2D eigenvalue weighted by molar-refractivity contribution is 6.16. The van der Waals surface area contributed by atoms with Crippen LogP contribution in [0, 0.1) is 39.8 Å². The normalized spacial score (nSPS) is 11.3. The minimum Gasteiger partial charge on any atom is -0.310 e. The van der Waals surface area contributed by atoms with Gasteiger partial charge in [-0.2, -0.15) is 13.2 Å². The predicted molar refractivity (Wildman–Crippen MR) is 329 cm³/mol. The van der Waals surface area contributed by atoms with Gasteiger partial charge in [-0.25, -0.2) is 24.2 Å². The summed E-state index contributed by atoms with van der Waals surface area (Å²) in [4.78, 5) is 19.7. The SMILES string of the molecule is [C-]#[N+]c1ccccc1-c1ccc2c(c1)c1cc(-c3ccccc3[N+]#[C-])ccc1n2-c1cccc([N+]#[C-])c1-c1c(-c2cc(C)cc(C(F)(F)F)c2)cccc1-n1c2ccc(-c3ccccc3[N+]#[C-])cc2c2cc(-c3ccccc3[N+]#[C-])ccc21.